The van der Waals surface area contributed by atoms with Crippen molar-refractivity contribution in [3.8, 4) is 5.75 Å². The van der Waals surface area contributed by atoms with E-state index < -0.39 is 0 Å². The summed E-state index contributed by atoms with van der Waals surface area (Å²) in [5.74, 6) is 2.23. The van der Waals surface area contributed by atoms with Gasteiger partial charge >= 0.3 is 0 Å². The first kappa shape index (κ1) is 22.1. The fourth-order valence-electron chi connectivity index (χ4n) is 3.32. The van der Waals surface area contributed by atoms with Gasteiger partial charge in [-0.25, -0.2) is 0 Å². The van der Waals surface area contributed by atoms with Crippen molar-refractivity contribution in [2.24, 2.45) is 7.05 Å². The average Bonchev–Trinajstić information content (AvgIpc) is 3.49. The van der Waals surface area contributed by atoms with Crippen LogP contribution in [-0.2, 0) is 19.2 Å². The van der Waals surface area contributed by atoms with Crippen LogP contribution in [0.3, 0.4) is 0 Å². The molecule has 1 atom stereocenters. The lowest BCUT2D eigenvalue weighted by molar-refractivity contribution is 0.0938. The van der Waals surface area contributed by atoms with Gasteiger partial charge in [-0.3, -0.25) is 4.79 Å². The Morgan fingerprint density at radius 1 is 1.06 bits per heavy atom. The van der Waals surface area contributed by atoms with Gasteiger partial charge in [0.1, 0.15) is 5.75 Å². The Labute approximate surface area is 195 Å². The van der Waals surface area contributed by atoms with E-state index in [0.717, 1.165) is 28.0 Å². The van der Waals surface area contributed by atoms with Gasteiger partial charge in [0, 0.05) is 12.8 Å². The third-order valence-electron chi connectivity index (χ3n) is 5.04. The van der Waals surface area contributed by atoms with Crippen LogP contribution in [0.15, 0.2) is 77.3 Å². The molecule has 0 aliphatic rings. The molecule has 0 unspecified atom stereocenters. The summed E-state index contributed by atoms with van der Waals surface area (Å²) in [6, 6.07) is 21.5. The normalized spacial score (nSPS) is 11.8. The summed E-state index contributed by atoms with van der Waals surface area (Å²) in [7, 11) is 3.61. The maximum atomic E-state index is 12.8. The number of methoxy groups -OCH3 is 1. The van der Waals surface area contributed by atoms with Gasteiger partial charge in [0.2, 0.25) is 0 Å². The maximum absolute atomic E-state index is 12.8. The van der Waals surface area contributed by atoms with Crippen LogP contribution in [0.1, 0.15) is 32.7 Å². The van der Waals surface area contributed by atoms with Gasteiger partial charge in [0.25, 0.3) is 5.91 Å². The van der Waals surface area contributed by atoms with E-state index in [2.05, 4.69) is 27.6 Å². The predicted octanol–water partition coefficient (Wildman–Crippen LogP) is 4.89. The van der Waals surface area contributed by atoms with Crippen molar-refractivity contribution in [1.29, 1.82) is 0 Å². The number of rotatable bonds is 9. The minimum Gasteiger partial charge on any atom is -0.497 e. The standard InChI is InChI=1S/C24H24N4O2S2/c1-28-22(26-27-24(28)32-16-18-10-12-19(30-2)13-11-18)20(15-17-7-4-3-5-8-17)25-23(29)21-9-6-14-31-21/h3-14,20H,15-16H2,1-2H3,(H,25,29)/t20-/m1/s1. The number of thiophene rings is 1. The molecule has 0 bridgehead atoms. The minimum absolute atomic E-state index is 0.101. The van der Waals surface area contributed by atoms with E-state index in [0.29, 0.717) is 11.3 Å². The van der Waals surface area contributed by atoms with E-state index in [1.54, 1.807) is 18.9 Å². The minimum atomic E-state index is -0.292. The van der Waals surface area contributed by atoms with Crippen molar-refractivity contribution < 1.29 is 9.53 Å². The molecule has 0 radical (unpaired) electrons. The van der Waals surface area contributed by atoms with Crippen LogP contribution < -0.4 is 10.1 Å². The van der Waals surface area contributed by atoms with Crippen LogP contribution in [-0.4, -0.2) is 27.8 Å². The maximum Gasteiger partial charge on any atom is 0.261 e. The SMILES string of the molecule is COc1ccc(CSc2nnc([C@@H](Cc3ccccc3)NC(=O)c3cccs3)n2C)cc1. The van der Waals surface area contributed by atoms with Gasteiger partial charge in [-0.15, -0.1) is 21.5 Å². The van der Waals surface area contributed by atoms with Crippen molar-refractivity contribution in [3.05, 3.63) is 93.9 Å². The summed E-state index contributed by atoms with van der Waals surface area (Å²) in [5.41, 5.74) is 2.30. The molecule has 0 aliphatic heterocycles. The number of amides is 1. The second-order valence-corrected chi connectivity index (χ2v) is 9.12. The lowest BCUT2D eigenvalue weighted by atomic mass is 10.1. The van der Waals surface area contributed by atoms with Crippen LogP contribution in [0.2, 0.25) is 0 Å². The third kappa shape index (κ3) is 5.38. The van der Waals surface area contributed by atoms with Crippen LogP contribution in [0.4, 0.5) is 0 Å². The Kier molecular flexibility index (Phi) is 7.24. The number of benzene rings is 2. The summed E-state index contributed by atoms with van der Waals surface area (Å²) in [4.78, 5) is 13.5. The number of carbonyl (C=O) groups is 1. The fraction of sp³-hybridized carbons (Fsp3) is 0.208. The molecule has 2 heterocycles. The summed E-state index contributed by atoms with van der Waals surface area (Å²) < 4.78 is 7.19. The highest BCUT2D eigenvalue weighted by Crippen LogP contribution is 2.26. The molecule has 1 N–H and O–H groups in total. The Morgan fingerprint density at radius 2 is 1.84 bits per heavy atom. The monoisotopic (exact) mass is 464 g/mol. The van der Waals surface area contributed by atoms with Gasteiger partial charge in [-0.1, -0.05) is 60.3 Å². The first-order valence-corrected chi connectivity index (χ1v) is 12.0. The van der Waals surface area contributed by atoms with Crippen LogP contribution in [0, 0.1) is 0 Å². The number of aromatic nitrogens is 3. The Bertz CT molecular complexity index is 1140. The lowest BCUT2D eigenvalue weighted by Crippen LogP contribution is -2.31. The molecule has 0 saturated heterocycles. The summed E-state index contributed by atoms with van der Waals surface area (Å²) >= 11 is 3.04. The summed E-state index contributed by atoms with van der Waals surface area (Å²) in [5, 5.41) is 14.7. The first-order chi connectivity index (χ1) is 15.6. The number of nitrogens with one attached hydrogen (secondary N) is 1. The molecule has 0 fully saturated rings. The molecule has 0 saturated carbocycles. The molecule has 6 nitrogen and oxygen atoms in total. The average molecular weight is 465 g/mol. The Balaban J connectivity index is 1.52. The molecular weight excluding hydrogens is 440 g/mol. The van der Waals surface area contributed by atoms with Crippen molar-refractivity contribution in [2.45, 2.75) is 23.4 Å². The number of carbonyl (C=O) groups excluding carboxylic acids is 1. The summed E-state index contributed by atoms with van der Waals surface area (Å²) in [6.07, 6.45) is 0.632. The molecule has 2 aromatic carbocycles. The molecule has 2 aromatic heterocycles. The molecule has 0 aliphatic carbocycles. The van der Waals surface area contributed by atoms with Crippen molar-refractivity contribution >= 4 is 29.0 Å². The van der Waals surface area contributed by atoms with E-state index in [1.807, 2.05) is 71.6 Å². The van der Waals surface area contributed by atoms with Gasteiger partial charge < -0.3 is 14.6 Å². The molecule has 164 valence electrons. The molecule has 4 rings (SSSR count). The van der Waals surface area contributed by atoms with Crippen molar-refractivity contribution in [2.75, 3.05) is 7.11 Å². The highest BCUT2D eigenvalue weighted by molar-refractivity contribution is 7.98. The van der Waals surface area contributed by atoms with Crippen LogP contribution >= 0.6 is 23.1 Å². The number of nitrogens with zero attached hydrogens (tertiary/aromatic N) is 3. The molecular formula is C24H24N4O2S2. The van der Waals surface area contributed by atoms with Gasteiger partial charge in [-0.05, 0) is 41.1 Å². The Morgan fingerprint density at radius 3 is 2.53 bits per heavy atom. The topological polar surface area (TPSA) is 69.0 Å². The second kappa shape index (κ2) is 10.5. The zero-order chi connectivity index (χ0) is 22.3. The molecule has 4 aromatic rings. The van der Waals surface area contributed by atoms with E-state index >= 15 is 0 Å². The van der Waals surface area contributed by atoms with Gasteiger partial charge in [0.05, 0.1) is 18.0 Å². The zero-order valence-electron chi connectivity index (χ0n) is 17.9. The number of thioether (sulfide) groups is 1. The molecule has 0 spiro atoms. The highest BCUT2D eigenvalue weighted by Gasteiger charge is 2.23. The largest absolute Gasteiger partial charge is 0.497 e. The van der Waals surface area contributed by atoms with Crippen molar-refractivity contribution in [3.63, 3.8) is 0 Å². The quantitative estimate of drug-likeness (QED) is 0.357. The second-order valence-electron chi connectivity index (χ2n) is 7.23. The predicted molar refractivity (Wildman–Crippen MR) is 128 cm³/mol. The van der Waals surface area contributed by atoms with E-state index in [1.165, 1.54) is 16.9 Å². The van der Waals surface area contributed by atoms with Gasteiger partial charge in [0.15, 0.2) is 11.0 Å². The van der Waals surface area contributed by atoms with Crippen molar-refractivity contribution in [1.82, 2.24) is 20.1 Å². The van der Waals surface area contributed by atoms with E-state index in [9.17, 15) is 4.79 Å². The van der Waals surface area contributed by atoms with E-state index in [-0.39, 0.29) is 11.9 Å². The smallest absolute Gasteiger partial charge is 0.261 e. The summed E-state index contributed by atoms with van der Waals surface area (Å²) in [6.45, 7) is 0. The van der Waals surface area contributed by atoms with E-state index in [4.69, 9.17) is 4.74 Å². The molecule has 1 amide bonds. The molecule has 32 heavy (non-hydrogen) atoms. The number of ether oxygens (including phenoxy) is 1. The number of hydrogen-bond donors (Lipinski definition) is 1. The highest BCUT2D eigenvalue weighted by atomic mass is 32.2. The lowest BCUT2D eigenvalue weighted by Gasteiger charge is -2.18. The zero-order valence-corrected chi connectivity index (χ0v) is 19.5. The Hall–Kier alpha value is -3.10. The van der Waals surface area contributed by atoms with Gasteiger partial charge in [-0.2, -0.15) is 0 Å². The fourth-order valence-corrected chi connectivity index (χ4v) is 4.82. The first-order valence-electron chi connectivity index (χ1n) is 10.2. The number of hydrogen-bond acceptors (Lipinski definition) is 6. The van der Waals surface area contributed by atoms with Crippen LogP contribution in [0.5, 0.6) is 5.75 Å². The van der Waals surface area contributed by atoms with Crippen LogP contribution in [0.25, 0.3) is 0 Å². The third-order valence-corrected chi connectivity index (χ3v) is 7.00. The molecule has 8 heteroatoms.